The Morgan fingerprint density at radius 2 is 1.85 bits per heavy atom. The molecule has 0 aromatic heterocycles. The second-order valence-electron chi connectivity index (χ2n) is 3.26. The van der Waals surface area contributed by atoms with Crippen LogP contribution >= 0.6 is 0 Å². The second kappa shape index (κ2) is 5.52. The van der Waals surface area contributed by atoms with E-state index in [1.54, 1.807) is 0 Å². The molecule has 0 unspecified atom stereocenters. The fourth-order valence-corrected chi connectivity index (χ4v) is 1.32. The highest BCUT2D eigenvalue weighted by atomic mass is 16.1. The Kier molecular flexibility index (Phi) is 4.24. The van der Waals surface area contributed by atoms with Gasteiger partial charge in [-0.05, 0) is 18.4 Å². The molecule has 0 atom stereocenters. The maximum Gasteiger partial charge on any atom is 0.233 e. The normalized spacial score (nSPS) is 9.92. The van der Waals surface area contributed by atoms with Crippen molar-refractivity contribution in [1.29, 1.82) is 0 Å². The smallest absolute Gasteiger partial charge is 0.233 e. The molecule has 13 heavy (non-hydrogen) atoms. The van der Waals surface area contributed by atoms with Crippen LogP contribution in [-0.2, 0) is 11.2 Å². The average molecular weight is 175 g/mol. The molecular formula is C12H15O. The van der Waals surface area contributed by atoms with Gasteiger partial charge in [0.05, 0.1) is 0 Å². The van der Waals surface area contributed by atoms with E-state index in [4.69, 9.17) is 0 Å². The van der Waals surface area contributed by atoms with Gasteiger partial charge in [0.2, 0.25) is 6.29 Å². The Morgan fingerprint density at radius 1 is 1.15 bits per heavy atom. The monoisotopic (exact) mass is 175 g/mol. The highest BCUT2D eigenvalue weighted by Gasteiger charge is 1.93. The zero-order chi connectivity index (χ0) is 9.52. The molecule has 1 nitrogen and oxygen atoms in total. The summed E-state index contributed by atoms with van der Waals surface area (Å²) < 4.78 is 0. The van der Waals surface area contributed by atoms with Gasteiger partial charge in [0.15, 0.2) is 0 Å². The maximum absolute atomic E-state index is 10.3. The summed E-state index contributed by atoms with van der Waals surface area (Å²) in [4.78, 5) is 10.3. The molecule has 69 valence electrons. The summed E-state index contributed by atoms with van der Waals surface area (Å²) >= 11 is 0. The van der Waals surface area contributed by atoms with Gasteiger partial charge in [-0.1, -0.05) is 44.0 Å². The van der Waals surface area contributed by atoms with Gasteiger partial charge in [0.25, 0.3) is 0 Å². The maximum atomic E-state index is 10.3. The molecule has 0 aliphatic rings. The summed E-state index contributed by atoms with van der Waals surface area (Å²) in [6.07, 6.45) is 6.76. The van der Waals surface area contributed by atoms with E-state index in [1.165, 1.54) is 24.8 Å². The molecule has 1 aromatic rings. The van der Waals surface area contributed by atoms with Crippen molar-refractivity contribution in [3.05, 3.63) is 35.4 Å². The summed E-state index contributed by atoms with van der Waals surface area (Å²) in [5.74, 6) is 0. The fourth-order valence-electron chi connectivity index (χ4n) is 1.32. The van der Waals surface area contributed by atoms with Gasteiger partial charge in [0, 0.05) is 5.56 Å². The van der Waals surface area contributed by atoms with Gasteiger partial charge in [0.1, 0.15) is 0 Å². The van der Waals surface area contributed by atoms with Gasteiger partial charge in [-0.2, -0.15) is 0 Å². The third-order valence-electron chi connectivity index (χ3n) is 2.14. The van der Waals surface area contributed by atoms with E-state index in [-0.39, 0.29) is 0 Å². The minimum Gasteiger partial charge on any atom is -0.285 e. The molecule has 0 aliphatic heterocycles. The van der Waals surface area contributed by atoms with Crippen LogP contribution in [0.4, 0.5) is 0 Å². The van der Waals surface area contributed by atoms with Crippen molar-refractivity contribution in [1.82, 2.24) is 0 Å². The van der Waals surface area contributed by atoms with Crippen LogP contribution < -0.4 is 0 Å². The third-order valence-corrected chi connectivity index (χ3v) is 2.14. The predicted molar refractivity (Wildman–Crippen MR) is 54.5 cm³/mol. The van der Waals surface area contributed by atoms with Crippen molar-refractivity contribution in [2.24, 2.45) is 0 Å². The Balaban J connectivity index is 2.44. The Hall–Kier alpha value is -1.11. The Bertz CT molecular complexity index is 248. The lowest BCUT2D eigenvalue weighted by Crippen LogP contribution is -1.86. The van der Waals surface area contributed by atoms with E-state index in [0.717, 1.165) is 6.42 Å². The van der Waals surface area contributed by atoms with Crippen molar-refractivity contribution < 1.29 is 4.79 Å². The zero-order valence-electron chi connectivity index (χ0n) is 8.05. The van der Waals surface area contributed by atoms with Crippen molar-refractivity contribution >= 4 is 6.29 Å². The summed E-state index contributed by atoms with van der Waals surface area (Å²) in [7, 11) is 0. The number of carbonyl (C=O) groups excluding carboxylic acids is 1. The van der Waals surface area contributed by atoms with Crippen LogP contribution in [0.5, 0.6) is 0 Å². The standard InChI is InChI=1S/C12H15O/c1-2-3-4-5-11-6-8-12(10-13)9-7-11/h6-9H,2-5H2,1H3. The van der Waals surface area contributed by atoms with Crippen molar-refractivity contribution in [3.8, 4) is 0 Å². The molecule has 1 radical (unpaired) electrons. The van der Waals surface area contributed by atoms with E-state index in [9.17, 15) is 4.79 Å². The van der Waals surface area contributed by atoms with Crippen LogP contribution in [0.25, 0.3) is 0 Å². The van der Waals surface area contributed by atoms with Crippen LogP contribution in [0.15, 0.2) is 24.3 Å². The molecule has 0 saturated heterocycles. The number of rotatable bonds is 5. The van der Waals surface area contributed by atoms with E-state index in [0.29, 0.717) is 5.56 Å². The second-order valence-corrected chi connectivity index (χ2v) is 3.26. The first-order valence-electron chi connectivity index (χ1n) is 4.84. The molecule has 0 amide bonds. The first-order valence-corrected chi connectivity index (χ1v) is 4.84. The quantitative estimate of drug-likeness (QED) is 0.629. The molecule has 0 fully saturated rings. The lowest BCUT2D eigenvalue weighted by Gasteiger charge is -1.99. The lowest BCUT2D eigenvalue weighted by atomic mass is 10.1. The number of hydrogen-bond donors (Lipinski definition) is 0. The molecule has 0 spiro atoms. The Labute approximate surface area is 79.8 Å². The zero-order valence-corrected chi connectivity index (χ0v) is 8.05. The van der Waals surface area contributed by atoms with E-state index in [2.05, 4.69) is 6.92 Å². The highest BCUT2D eigenvalue weighted by Crippen LogP contribution is 2.07. The minimum atomic E-state index is 0.638. The topological polar surface area (TPSA) is 17.1 Å². The van der Waals surface area contributed by atoms with Crippen LogP contribution in [-0.4, -0.2) is 6.29 Å². The molecule has 0 saturated carbocycles. The van der Waals surface area contributed by atoms with Crippen molar-refractivity contribution in [2.75, 3.05) is 0 Å². The minimum absolute atomic E-state index is 0.638. The van der Waals surface area contributed by atoms with E-state index in [1.807, 2.05) is 30.6 Å². The van der Waals surface area contributed by atoms with Crippen LogP contribution in [0.3, 0.4) is 0 Å². The van der Waals surface area contributed by atoms with Crippen molar-refractivity contribution in [3.63, 3.8) is 0 Å². The SMILES string of the molecule is CCCCCc1ccc([C]=O)cc1. The Morgan fingerprint density at radius 3 is 2.38 bits per heavy atom. The van der Waals surface area contributed by atoms with Gasteiger partial charge in [-0.3, -0.25) is 4.79 Å². The molecule has 1 heteroatoms. The summed E-state index contributed by atoms with van der Waals surface area (Å²) in [5.41, 5.74) is 1.95. The highest BCUT2D eigenvalue weighted by molar-refractivity contribution is 5.75. The van der Waals surface area contributed by atoms with Crippen LogP contribution in [0, 0.1) is 0 Å². The lowest BCUT2D eigenvalue weighted by molar-refractivity contribution is 0.562. The summed E-state index contributed by atoms with van der Waals surface area (Å²) in [5, 5.41) is 0. The largest absolute Gasteiger partial charge is 0.285 e. The van der Waals surface area contributed by atoms with Crippen LogP contribution in [0.2, 0.25) is 0 Å². The van der Waals surface area contributed by atoms with E-state index < -0.39 is 0 Å². The summed E-state index contributed by atoms with van der Waals surface area (Å²) in [6, 6.07) is 7.67. The fraction of sp³-hybridized carbons (Fsp3) is 0.417. The van der Waals surface area contributed by atoms with E-state index >= 15 is 0 Å². The number of aryl methyl sites for hydroxylation is 1. The summed E-state index contributed by atoms with van der Waals surface area (Å²) in [6.45, 7) is 2.20. The van der Waals surface area contributed by atoms with Crippen LogP contribution in [0.1, 0.15) is 37.3 Å². The first kappa shape index (κ1) is 9.97. The molecule has 0 bridgehead atoms. The molecule has 0 aliphatic carbocycles. The molecule has 1 aromatic carbocycles. The average Bonchev–Trinajstić information content (AvgIpc) is 2.19. The predicted octanol–water partition coefficient (Wildman–Crippen LogP) is 2.88. The van der Waals surface area contributed by atoms with Gasteiger partial charge < -0.3 is 0 Å². The van der Waals surface area contributed by atoms with Gasteiger partial charge in [-0.15, -0.1) is 0 Å². The first-order chi connectivity index (χ1) is 6.36. The molecule has 1 rings (SSSR count). The number of benzene rings is 1. The molecule has 0 N–H and O–H groups in total. The number of unbranched alkanes of at least 4 members (excludes halogenated alkanes) is 2. The van der Waals surface area contributed by atoms with Gasteiger partial charge >= 0.3 is 0 Å². The van der Waals surface area contributed by atoms with Gasteiger partial charge in [-0.25, -0.2) is 0 Å². The van der Waals surface area contributed by atoms with Crippen molar-refractivity contribution in [2.45, 2.75) is 32.6 Å². The third kappa shape index (κ3) is 3.41. The molecule has 0 heterocycles. The molecular weight excluding hydrogens is 160 g/mol. The number of hydrogen-bond acceptors (Lipinski definition) is 1.